The summed E-state index contributed by atoms with van der Waals surface area (Å²) in [5.74, 6) is 1.12. The number of carboxylic acid groups (broad SMARTS) is 1. The summed E-state index contributed by atoms with van der Waals surface area (Å²) in [5, 5.41) is 27.0. The van der Waals surface area contributed by atoms with Crippen molar-refractivity contribution in [3.05, 3.63) is 23.2 Å². The highest BCUT2D eigenvalue weighted by atomic mass is 35.5. The van der Waals surface area contributed by atoms with E-state index in [0.29, 0.717) is 40.4 Å². The van der Waals surface area contributed by atoms with E-state index in [-0.39, 0.29) is 18.5 Å². The number of carboxylic acids is 1. The molecule has 0 bridgehead atoms. The number of nitrogens with zero attached hydrogens (tertiary/aromatic N) is 3. The molecule has 0 spiro atoms. The first kappa shape index (κ1) is 19.9. The Morgan fingerprint density at radius 3 is 2.85 bits per heavy atom. The van der Waals surface area contributed by atoms with Gasteiger partial charge >= 0.3 is 5.97 Å². The second-order valence-electron chi connectivity index (χ2n) is 6.96. The molecule has 0 unspecified atom stereocenters. The van der Waals surface area contributed by atoms with Gasteiger partial charge in [-0.05, 0) is 61.4 Å². The van der Waals surface area contributed by atoms with Gasteiger partial charge in [-0.15, -0.1) is 22.6 Å². The molecule has 4 rings (SSSR count). The number of hydrogen-bond donors (Lipinski definition) is 3. The molecule has 1 saturated heterocycles. The van der Waals surface area contributed by atoms with E-state index in [1.54, 1.807) is 6.07 Å². The monoisotopic (exact) mass is 413 g/mol. The lowest BCUT2D eigenvalue weighted by Gasteiger charge is -2.41. The van der Waals surface area contributed by atoms with Gasteiger partial charge in [0.05, 0.1) is 16.7 Å². The first-order valence-electron chi connectivity index (χ1n) is 8.77. The van der Waals surface area contributed by atoms with E-state index in [1.165, 1.54) is 0 Å². The molecular weight excluding hydrogens is 393 g/mol. The lowest BCUT2D eigenvalue weighted by atomic mass is 9.72. The highest BCUT2D eigenvalue weighted by Crippen LogP contribution is 2.40. The van der Waals surface area contributed by atoms with Crippen LogP contribution in [0.4, 0.5) is 0 Å². The number of nitrogens with one attached hydrogen (secondary N) is 2. The van der Waals surface area contributed by atoms with Crippen molar-refractivity contribution in [2.75, 3.05) is 6.54 Å². The third-order valence-corrected chi connectivity index (χ3v) is 5.71. The molecule has 1 aromatic heterocycles. The summed E-state index contributed by atoms with van der Waals surface area (Å²) in [6.45, 7) is 0.764. The van der Waals surface area contributed by atoms with Crippen LogP contribution < -0.4 is 10.1 Å². The second-order valence-corrected chi connectivity index (χ2v) is 7.36. The summed E-state index contributed by atoms with van der Waals surface area (Å²) in [4.78, 5) is 11.3. The molecular formula is C17H21Cl2N5O3. The first-order chi connectivity index (χ1) is 12.6. The van der Waals surface area contributed by atoms with Crippen LogP contribution in [0, 0.1) is 11.8 Å². The largest absolute Gasteiger partial charge is 0.490 e. The number of aromatic nitrogens is 4. The zero-order valence-corrected chi connectivity index (χ0v) is 16.0. The number of piperidine rings is 1. The maximum atomic E-state index is 11.3. The molecule has 1 aromatic carbocycles. The van der Waals surface area contributed by atoms with Crippen LogP contribution in [-0.2, 0) is 4.79 Å². The summed E-state index contributed by atoms with van der Waals surface area (Å²) in [6.07, 6.45) is 3.46. The predicted molar refractivity (Wildman–Crippen MR) is 101 cm³/mol. The van der Waals surface area contributed by atoms with E-state index >= 15 is 0 Å². The maximum absolute atomic E-state index is 11.3. The number of tetrazole rings is 1. The maximum Gasteiger partial charge on any atom is 0.320 e. The van der Waals surface area contributed by atoms with Gasteiger partial charge in [0.2, 0.25) is 5.82 Å². The molecule has 2 aliphatic rings. The van der Waals surface area contributed by atoms with Crippen LogP contribution in [0.5, 0.6) is 5.75 Å². The highest BCUT2D eigenvalue weighted by molar-refractivity contribution is 6.33. The number of aliphatic carboxylic acids is 1. The Bertz CT molecular complexity index is 789. The van der Waals surface area contributed by atoms with Crippen LogP contribution in [0.2, 0.25) is 5.02 Å². The quantitative estimate of drug-likeness (QED) is 0.705. The second kappa shape index (κ2) is 8.41. The van der Waals surface area contributed by atoms with Crippen LogP contribution in [0.3, 0.4) is 0 Å². The average molecular weight is 414 g/mol. The molecule has 1 aliphatic carbocycles. The van der Waals surface area contributed by atoms with Gasteiger partial charge in [-0.25, -0.2) is 0 Å². The molecule has 0 amide bonds. The minimum absolute atomic E-state index is 0. The van der Waals surface area contributed by atoms with Gasteiger partial charge in [-0.1, -0.05) is 17.7 Å². The summed E-state index contributed by atoms with van der Waals surface area (Å²) in [5.41, 5.74) is 0.624. The SMILES string of the molecule is Cl.O=C(O)[C@@H]1C[C@H]2C[C@@H](Oc3cccc(Cl)c3-c3nn[nH]n3)CC[C@H]2CN1. The number of hydrogen-bond acceptors (Lipinski definition) is 6. The Morgan fingerprint density at radius 2 is 2.11 bits per heavy atom. The summed E-state index contributed by atoms with van der Waals surface area (Å²) < 4.78 is 6.26. The Balaban J connectivity index is 0.00000210. The summed E-state index contributed by atoms with van der Waals surface area (Å²) >= 11 is 6.33. The van der Waals surface area contributed by atoms with Crippen molar-refractivity contribution in [3.63, 3.8) is 0 Å². The molecule has 2 fully saturated rings. The standard InChI is InChI=1S/C17H20ClN5O3.ClH/c18-12-2-1-3-14(15(12)16-20-22-23-21-16)26-11-5-4-9-8-19-13(17(24)25)7-10(9)6-11;/h1-3,9-11,13,19H,4-8H2,(H,24,25)(H,20,21,22,23);1H/t9-,10+,11-,13-;/m0./s1. The molecule has 10 heteroatoms. The minimum Gasteiger partial charge on any atom is -0.490 e. The lowest BCUT2D eigenvalue weighted by Crippen LogP contribution is -2.50. The van der Waals surface area contributed by atoms with E-state index in [4.69, 9.17) is 16.3 Å². The van der Waals surface area contributed by atoms with Crippen LogP contribution in [0.1, 0.15) is 25.7 Å². The molecule has 4 atom stereocenters. The predicted octanol–water partition coefficient (Wildman–Crippen LogP) is 2.55. The molecule has 146 valence electrons. The average Bonchev–Trinajstić information content (AvgIpc) is 3.15. The van der Waals surface area contributed by atoms with E-state index in [9.17, 15) is 9.90 Å². The molecule has 8 nitrogen and oxygen atoms in total. The van der Waals surface area contributed by atoms with E-state index in [0.717, 1.165) is 25.8 Å². The highest BCUT2D eigenvalue weighted by Gasteiger charge is 2.38. The van der Waals surface area contributed by atoms with Crippen molar-refractivity contribution in [1.29, 1.82) is 0 Å². The van der Waals surface area contributed by atoms with Crippen LogP contribution in [-0.4, -0.2) is 50.4 Å². The minimum atomic E-state index is -0.777. The normalized spacial score (nSPS) is 27.3. The number of carbonyl (C=O) groups is 1. The molecule has 1 aliphatic heterocycles. The topological polar surface area (TPSA) is 113 Å². The van der Waals surface area contributed by atoms with Crippen LogP contribution >= 0.6 is 24.0 Å². The van der Waals surface area contributed by atoms with E-state index in [2.05, 4.69) is 25.9 Å². The van der Waals surface area contributed by atoms with Gasteiger partial charge in [-0.2, -0.15) is 5.21 Å². The van der Waals surface area contributed by atoms with Crippen molar-refractivity contribution >= 4 is 30.0 Å². The molecule has 27 heavy (non-hydrogen) atoms. The Labute approximate surface area is 167 Å². The third-order valence-electron chi connectivity index (χ3n) is 5.39. The van der Waals surface area contributed by atoms with Crippen molar-refractivity contribution in [2.24, 2.45) is 11.8 Å². The van der Waals surface area contributed by atoms with Gasteiger partial charge in [0.25, 0.3) is 0 Å². The number of halogens is 2. The molecule has 2 aromatic rings. The number of fused-ring (bicyclic) bond motifs is 1. The van der Waals surface area contributed by atoms with Gasteiger partial charge < -0.3 is 15.2 Å². The fourth-order valence-corrected chi connectivity index (χ4v) is 4.33. The third kappa shape index (κ3) is 4.17. The smallest absolute Gasteiger partial charge is 0.320 e. The zero-order chi connectivity index (χ0) is 18.1. The van der Waals surface area contributed by atoms with Crippen LogP contribution in [0.15, 0.2) is 18.2 Å². The number of H-pyrrole nitrogens is 1. The van der Waals surface area contributed by atoms with Gasteiger partial charge in [0.1, 0.15) is 11.8 Å². The van der Waals surface area contributed by atoms with Crippen molar-refractivity contribution in [1.82, 2.24) is 25.9 Å². The number of benzene rings is 1. The summed E-state index contributed by atoms with van der Waals surface area (Å²) in [7, 11) is 0. The summed E-state index contributed by atoms with van der Waals surface area (Å²) in [6, 6.07) is 4.99. The van der Waals surface area contributed by atoms with Crippen molar-refractivity contribution in [3.8, 4) is 17.1 Å². The number of aromatic amines is 1. The zero-order valence-electron chi connectivity index (χ0n) is 14.5. The van der Waals surface area contributed by atoms with E-state index in [1.807, 2.05) is 12.1 Å². The molecule has 0 radical (unpaired) electrons. The number of rotatable bonds is 4. The number of ether oxygens (including phenoxy) is 1. The van der Waals surface area contributed by atoms with E-state index < -0.39 is 12.0 Å². The van der Waals surface area contributed by atoms with Crippen molar-refractivity contribution < 1.29 is 14.6 Å². The molecule has 1 saturated carbocycles. The van der Waals surface area contributed by atoms with Gasteiger partial charge in [0, 0.05) is 0 Å². The lowest BCUT2D eigenvalue weighted by molar-refractivity contribution is -0.141. The molecule has 3 N–H and O–H groups in total. The fraction of sp³-hybridized carbons (Fsp3) is 0.529. The van der Waals surface area contributed by atoms with Gasteiger partial charge in [-0.3, -0.25) is 4.79 Å². The fourth-order valence-electron chi connectivity index (χ4n) is 4.08. The van der Waals surface area contributed by atoms with Gasteiger partial charge in [0.15, 0.2) is 0 Å². The van der Waals surface area contributed by atoms with Crippen LogP contribution in [0.25, 0.3) is 11.4 Å². The Morgan fingerprint density at radius 1 is 1.26 bits per heavy atom. The molecule has 2 heterocycles. The van der Waals surface area contributed by atoms with Crippen molar-refractivity contribution in [2.45, 2.75) is 37.8 Å². The Kier molecular flexibility index (Phi) is 6.18. The Hall–Kier alpha value is -1.90. The first-order valence-corrected chi connectivity index (χ1v) is 9.14.